The Kier molecular flexibility index (Phi) is 4.66. The van der Waals surface area contributed by atoms with Gasteiger partial charge >= 0.3 is 0 Å². The summed E-state index contributed by atoms with van der Waals surface area (Å²) in [5, 5.41) is 8.36. The molecule has 0 aliphatic heterocycles. The van der Waals surface area contributed by atoms with Crippen molar-refractivity contribution >= 4 is 11.7 Å². The highest BCUT2D eigenvalue weighted by molar-refractivity contribution is 5.80. The highest BCUT2D eigenvalue weighted by Crippen LogP contribution is 2.07. The average Bonchev–Trinajstić information content (AvgIpc) is 2.31. The molecule has 0 heterocycles. The Bertz CT molecular complexity index is 333. The lowest BCUT2D eigenvalue weighted by molar-refractivity contribution is -0.128. The van der Waals surface area contributed by atoms with E-state index in [2.05, 4.69) is 0 Å². The largest absolute Gasteiger partial charge is 0.299 e. The Morgan fingerprint density at radius 2 is 1.62 bits per heavy atom. The molecule has 16 heavy (non-hydrogen) atoms. The Morgan fingerprint density at radius 3 is 2.06 bits per heavy atom. The van der Waals surface area contributed by atoms with E-state index in [1.54, 1.807) is 17.6 Å². The van der Waals surface area contributed by atoms with Crippen molar-refractivity contribution in [1.82, 2.24) is 5.48 Å². The zero-order valence-corrected chi connectivity index (χ0v) is 9.19. The summed E-state index contributed by atoms with van der Waals surface area (Å²) >= 11 is 0. The monoisotopic (exact) mass is 221 g/mol. The third-order valence-electron chi connectivity index (χ3n) is 2.31. The van der Waals surface area contributed by atoms with Crippen molar-refractivity contribution in [3.05, 3.63) is 35.4 Å². The molecule has 1 amide bonds. The van der Waals surface area contributed by atoms with Gasteiger partial charge in [-0.3, -0.25) is 14.8 Å². The maximum absolute atomic E-state index is 11.2. The second kappa shape index (κ2) is 6.02. The Balaban J connectivity index is 2.60. The molecular weight excluding hydrogens is 206 g/mol. The van der Waals surface area contributed by atoms with Gasteiger partial charge in [0.1, 0.15) is 5.78 Å². The predicted octanol–water partition coefficient (Wildman–Crippen LogP) is 1.26. The lowest BCUT2D eigenvalue weighted by Crippen LogP contribution is -2.20. The third kappa shape index (κ3) is 3.82. The zero-order chi connectivity index (χ0) is 12.0. The molecule has 0 aliphatic carbocycles. The highest BCUT2D eigenvalue weighted by atomic mass is 16.5. The molecule has 0 aromatic heterocycles. The number of hydroxylamine groups is 1. The molecule has 0 atom stereocenters. The van der Waals surface area contributed by atoms with E-state index in [1.165, 1.54) is 0 Å². The van der Waals surface area contributed by atoms with E-state index in [-0.39, 0.29) is 12.2 Å². The first-order valence-electron chi connectivity index (χ1n) is 5.18. The van der Waals surface area contributed by atoms with Crippen LogP contribution in [-0.2, 0) is 22.4 Å². The van der Waals surface area contributed by atoms with Crippen molar-refractivity contribution < 1.29 is 14.8 Å². The van der Waals surface area contributed by atoms with Gasteiger partial charge in [0.15, 0.2) is 0 Å². The molecule has 1 rings (SSSR count). The van der Waals surface area contributed by atoms with Gasteiger partial charge in [0, 0.05) is 12.8 Å². The van der Waals surface area contributed by atoms with Gasteiger partial charge in [-0.05, 0) is 11.1 Å². The standard InChI is InChI=1S/C12H15NO3/c1-2-11(14)7-9-3-5-10(6-4-9)8-12(15)13-16/h3-6,16H,2,7-8H2,1H3,(H,13,15). The van der Waals surface area contributed by atoms with Gasteiger partial charge in [-0.15, -0.1) is 0 Å². The van der Waals surface area contributed by atoms with Crippen LogP contribution < -0.4 is 5.48 Å². The summed E-state index contributed by atoms with van der Waals surface area (Å²) < 4.78 is 0. The van der Waals surface area contributed by atoms with Gasteiger partial charge in [0.05, 0.1) is 6.42 Å². The first kappa shape index (κ1) is 12.4. The van der Waals surface area contributed by atoms with Crippen LogP contribution in [-0.4, -0.2) is 16.9 Å². The molecular formula is C12H15NO3. The number of amides is 1. The fourth-order valence-corrected chi connectivity index (χ4v) is 1.35. The van der Waals surface area contributed by atoms with Crippen LogP contribution in [0, 0.1) is 0 Å². The molecule has 0 aliphatic rings. The number of benzene rings is 1. The molecule has 1 aromatic rings. The topological polar surface area (TPSA) is 66.4 Å². The van der Waals surface area contributed by atoms with Crippen molar-refractivity contribution in [2.24, 2.45) is 0 Å². The molecule has 86 valence electrons. The first-order valence-corrected chi connectivity index (χ1v) is 5.18. The quantitative estimate of drug-likeness (QED) is 0.581. The fraction of sp³-hybridized carbons (Fsp3) is 0.333. The highest BCUT2D eigenvalue weighted by Gasteiger charge is 2.03. The van der Waals surface area contributed by atoms with Crippen LogP contribution >= 0.6 is 0 Å². The maximum atomic E-state index is 11.2. The first-order chi connectivity index (χ1) is 7.65. The summed E-state index contributed by atoms with van der Waals surface area (Å²) in [5.41, 5.74) is 3.33. The number of nitrogens with one attached hydrogen (secondary N) is 1. The number of hydrogen-bond donors (Lipinski definition) is 2. The van der Waals surface area contributed by atoms with Crippen molar-refractivity contribution in [3.63, 3.8) is 0 Å². The van der Waals surface area contributed by atoms with Gasteiger partial charge < -0.3 is 0 Å². The van der Waals surface area contributed by atoms with Crippen LogP contribution in [0.5, 0.6) is 0 Å². The van der Waals surface area contributed by atoms with E-state index < -0.39 is 5.91 Å². The third-order valence-corrected chi connectivity index (χ3v) is 2.31. The summed E-state index contributed by atoms with van der Waals surface area (Å²) in [7, 11) is 0. The van der Waals surface area contributed by atoms with Crippen LogP contribution in [0.3, 0.4) is 0 Å². The van der Waals surface area contributed by atoms with Crippen molar-refractivity contribution in [3.8, 4) is 0 Å². The number of carbonyl (C=O) groups is 2. The number of rotatable bonds is 5. The van der Waals surface area contributed by atoms with Gasteiger partial charge in [-0.25, -0.2) is 5.48 Å². The molecule has 2 N–H and O–H groups in total. The van der Waals surface area contributed by atoms with Crippen LogP contribution in [0.15, 0.2) is 24.3 Å². The van der Waals surface area contributed by atoms with E-state index in [0.29, 0.717) is 12.8 Å². The summed E-state index contributed by atoms with van der Waals surface area (Å²) in [6.07, 6.45) is 1.11. The molecule has 0 spiro atoms. The molecule has 4 nitrogen and oxygen atoms in total. The van der Waals surface area contributed by atoms with Crippen LogP contribution in [0.2, 0.25) is 0 Å². The molecule has 0 saturated heterocycles. The number of ketones is 1. The summed E-state index contributed by atoms with van der Waals surface area (Å²) in [5.74, 6) is -0.252. The minimum absolute atomic E-state index is 0.137. The number of carbonyl (C=O) groups excluding carboxylic acids is 2. The molecule has 0 bridgehead atoms. The lowest BCUT2D eigenvalue weighted by atomic mass is 10.0. The molecule has 4 heteroatoms. The van der Waals surface area contributed by atoms with Gasteiger partial charge in [-0.1, -0.05) is 31.2 Å². The van der Waals surface area contributed by atoms with Gasteiger partial charge in [0.25, 0.3) is 0 Å². The minimum Gasteiger partial charge on any atom is -0.299 e. The SMILES string of the molecule is CCC(=O)Cc1ccc(CC(=O)NO)cc1. The Hall–Kier alpha value is -1.68. The van der Waals surface area contributed by atoms with Crippen molar-refractivity contribution in [2.75, 3.05) is 0 Å². The van der Waals surface area contributed by atoms with Crippen LogP contribution in [0.4, 0.5) is 0 Å². The van der Waals surface area contributed by atoms with Crippen molar-refractivity contribution in [2.45, 2.75) is 26.2 Å². The lowest BCUT2D eigenvalue weighted by Gasteiger charge is -2.02. The van der Waals surface area contributed by atoms with E-state index >= 15 is 0 Å². The fourth-order valence-electron chi connectivity index (χ4n) is 1.35. The van der Waals surface area contributed by atoms with Crippen molar-refractivity contribution in [1.29, 1.82) is 0 Å². The molecule has 0 unspecified atom stereocenters. The predicted molar refractivity (Wildman–Crippen MR) is 59.1 cm³/mol. The Morgan fingerprint density at radius 1 is 1.12 bits per heavy atom. The Labute approximate surface area is 94.2 Å². The molecule has 0 fully saturated rings. The number of hydrogen-bond acceptors (Lipinski definition) is 3. The molecule has 1 aromatic carbocycles. The van der Waals surface area contributed by atoms with Crippen LogP contribution in [0.1, 0.15) is 24.5 Å². The second-order valence-corrected chi connectivity index (χ2v) is 3.60. The normalized spacial score (nSPS) is 9.88. The van der Waals surface area contributed by atoms with E-state index in [0.717, 1.165) is 11.1 Å². The van der Waals surface area contributed by atoms with Gasteiger partial charge in [0.2, 0.25) is 5.91 Å². The minimum atomic E-state index is -0.447. The summed E-state index contributed by atoms with van der Waals surface area (Å²) in [4.78, 5) is 22.1. The maximum Gasteiger partial charge on any atom is 0.247 e. The van der Waals surface area contributed by atoms with E-state index in [4.69, 9.17) is 5.21 Å². The molecule has 0 saturated carbocycles. The van der Waals surface area contributed by atoms with E-state index in [1.807, 2.05) is 19.1 Å². The van der Waals surface area contributed by atoms with Crippen LogP contribution in [0.25, 0.3) is 0 Å². The average molecular weight is 221 g/mol. The molecule has 0 radical (unpaired) electrons. The van der Waals surface area contributed by atoms with E-state index in [9.17, 15) is 9.59 Å². The summed E-state index contributed by atoms with van der Waals surface area (Å²) in [6, 6.07) is 7.22. The van der Waals surface area contributed by atoms with Gasteiger partial charge in [-0.2, -0.15) is 0 Å². The second-order valence-electron chi connectivity index (χ2n) is 3.60. The summed E-state index contributed by atoms with van der Waals surface area (Å²) in [6.45, 7) is 1.84. The zero-order valence-electron chi connectivity index (χ0n) is 9.19. The number of Topliss-reactive ketones (excluding diaryl/α,β-unsaturated/α-hetero) is 1. The smallest absolute Gasteiger partial charge is 0.247 e.